The Morgan fingerprint density at radius 1 is 0.511 bits per heavy atom. The summed E-state index contributed by atoms with van der Waals surface area (Å²) in [6, 6.07) is 54.7. The molecule has 0 aliphatic carbocycles. The molecule has 0 aliphatic heterocycles. The second-order valence-electron chi connectivity index (χ2n) is 8.90. The zero-order chi connectivity index (χ0) is 29.7. The quantitative estimate of drug-likeness (QED) is 0.112. The van der Waals surface area contributed by atoms with E-state index in [4.69, 9.17) is 23.2 Å². The molecule has 5 rings (SSSR count). The molecule has 0 heterocycles. The Labute approximate surface area is 321 Å². The van der Waals surface area contributed by atoms with Gasteiger partial charge in [-0.2, -0.15) is 11.8 Å². The molecule has 0 saturated carbocycles. The molecule has 0 atom stereocenters. The molecule has 0 N–H and O–H groups in total. The van der Waals surface area contributed by atoms with E-state index in [1.54, 1.807) is 0 Å². The SMILES string of the molecule is CSCCP(c1ccccc1)c1ccccc1.ClCCl.[Cl-].[Cl-].[Pt+2].c1ccc([Se]CCP(c2ccccc2)c2ccccc2)cc1. The molecule has 0 aliphatic rings. The average Bonchev–Trinajstić information content (AvgIpc) is 3.06. The minimum atomic E-state index is -0.232. The number of halogens is 4. The van der Waals surface area contributed by atoms with Crippen LogP contribution < -0.4 is 50.5 Å². The van der Waals surface area contributed by atoms with Gasteiger partial charge >= 0.3 is 161 Å². The van der Waals surface area contributed by atoms with E-state index >= 15 is 0 Å². The molecule has 0 radical (unpaired) electrons. The molecule has 0 spiro atoms. The normalized spacial score (nSPS) is 9.71. The molecule has 242 valence electrons. The first-order chi connectivity index (χ1) is 20.8. The van der Waals surface area contributed by atoms with Gasteiger partial charge in [0.25, 0.3) is 0 Å². The summed E-state index contributed by atoms with van der Waals surface area (Å²) < 4.78 is 1.51. The van der Waals surface area contributed by atoms with Gasteiger partial charge in [-0.3, -0.25) is 0 Å². The van der Waals surface area contributed by atoms with Crippen LogP contribution in [0.4, 0.5) is 0 Å². The van der Waals surface area contributed by atoms with Crippen LogP contribution in [0.5, 0.6) is 0 Å². The second-order valence-corrected chi connectivity index (χ2v) is 17.8. The van der Waals surface area contributed by atoms with Crippen LogP contribution in [0.2, 0.25) is 5.32 Å². The number of hydrogen-bond acceptors (Lipinski definition) is 1. The first-order valence-corrected chi connectivity index (χ1v) is 21.4. The van der Waals surface area contributed by atoms with Crippen molar-refractivity contribution in [2.24, 2.45) is 0 Å². The number of hydrogen-bond donors (Lipinski definition) is 0. The molecule has 9 heteroatoms. The van der Waals surface area contributed by atoms with Crippen LogP contribution in [0.1, 0.15) is 0 Å². The van der Waals surface area contributed by atoms with Gasteiger partial charge in [-0.15, -0.1) is 23.2 Å². The fraction of sp³-hybridized carbons (Fsp3) is 0.167. The van der Waals surface area contributed by atoms with Gasteiger partial charge in [0.05, 0.1) is 5.34 Å². The van der Waals surface area contributed by atoms with Crippen LogP contribution in [0.3, 0.4) is 0 Å². The molecule has 45 heavy (non-hydrogen) atoms. The molecule has 0 unspecified atom stereocenters. The Morgan fingerprint density at radius 2 is 0.800 bits per heavy atom. The van der Waals surface area contributed by atoms with Crippen molar-refractivity contribution < 1.29 is 45.9 Å². The summed E-state index contributed by atoms with van der Waals surface area (Å²) in [6.07, 6.45) is 4.73. The summed E-state index contributed by atoms with van der Waals surface area (Å²) in [7, 11) is -0.409. The van der Waals surface area contributed by atoms with Gasteiger partial charge in [-0.25, -0.2) is 0 Å². The Kier molecular flexibility index (Phi) is 28.5. The van der Waals surface area contributed by atoms with Crippen LogP contribution in [0, 0.1) is 0 Å². The topological polar surface area (TPSA) is 0 Å². The predicted octanol–water partition coefficient (Wildman–Crippen LogP) is 2.48. The van der Waals surface area contributed by atoms with Crippen molar-refractivity contribution >= 4 is 91.4 Å². The van der Waals surface area contributed by atoms with E-state index in [2.05, 4.69) is 158 Å². The summed E-state index contributed by atoms with van der Waals surface area (Å²) in [4.78, 5) is 0. The maximum atomic E-state index is 4.76. The van der Waals surface area contributed by atoms with Crippen molar-refractivity contribution in [3.8, 4) is 0 Å². The van der Waals surface area contributed by atoms with E-state index in [9.17, 15) is 0 Å². The third kappa shape index (κ3) is 17.6. The number of alkyl halides is 2. The van der Waals surface area contributed by atoms with Crippen LogP contribution in [-0.2, 0) is 21.1 Å². The van der Waals surface area contributed by atoms with Crippen molar-refractivity contribution in [2.45, 2.75) is 5.32 Å². The molecular weight excluding hydrogens is 942 g/mol. The predicted molar refractivity (Wildman–Crippen MR) is 199 cm³/mol. The van der Waals surface area contributed by atoms with E-state index in [0.717, 1.165) is 0 Å². The second kappa shape index (κ2) is 28.7. The van der Waals surface area contributed by atoms with Crippen LogP contribution in [0.25, 0.3) is 0 Å². The average molecular weight is 981 g/mol. The van der Waals surface area contributed by atoms with E-state index < -0.39 is 0 Å². The first-order valence-electron chi connectivity index (χ1n) is 13.8. The van der Waals surface area contributed by atoms with Crippen molar-refractivity contribution in [1.29, 1.82) is 0 Å². The number of thioether (sulfide) groups is 1. The molecular formula is C36H38Cl4P2PtSSe. The van der Waals surface area contributed by atoms with Crippen molar-refractivity contribution in [2.75, 3.05) is 29.7 Å². The summed E-state index contributed by atoms with van der Waals surface area (Å²) in [5.41, 5.74) is 0. The van der Waals surface area contributed by atoms with Crippen molar-refractivity contribution in [3.05, 3.63) is 152 Å². The zero-order valence-corrected chi connectivity index (χ0v) is 34.6. The first kappa shape index (κ1) is 44.7. The van der Waals surface area contributed by atoms with Gasteiger partial charge in [-0.05, 0) is 36.7 Å². The third-order valence-corrected chi connectivity index (χ3v) is 14.9. The van der Waals surface area contributed by atoms with Gasteiger partial charge in [-0.1, -0.05) is 60.7 Å². The van der Waals surface area contributed by atoms with E-state index in [0.29, 0.717) is 15.0 Å². The Hall–Kier alpha value is -0.322. The molecule has 5 aromatic carbocycles. The van der Waals surface area contributed by atoms with E-state index in [-0.39, 0.29) is 67.1 Å². The summed E-state index contributed by atoms with van der Waals surface area (Å²) in [5, 5.41) is 7.46. The van der Waals surface area contributed by atoms with Crippen LogP contribution in [0.15, 0.2) is 152 Å². The minimum absolute atomic E-state index is 0. The molecule has 5 aromatic rings. The molecule has 0 nitrogen and oxygen atoms in total. The summed E-state index contributed by atoms with van der Waals surface area (Å²) in [5.74, 6) is 1.23. The standard InChI is InChI=1S/C20H19PSe.C15H17PS.CH2Cl2.2ClH.Pt/c1-4-10-18(11-5-1)21(19-12-6-2-7-13-19)16-17-22-20-14-8-3-9-15-20;1-17-13-12-16(14-8-4-2-5-9-14)15-10-6-3-7-11-15;2-1-3;;;/h1-15H,16-17H2;2-11H,12-13H2,1H3;1H2;2*1H;/q;;;;;+2/p-2. The zero-order valence-electron chi connectivity index (χ0n) is 25.0. The maximum absolute atomic E-state index is 4.76. The van der Waals surface area contributed by atoms with Gasteiger partial charge in [0, 0.05) is 0 Å². The number of benzene rings is 5. The van der Waals surface area contributed by atoms with Crippen LogP contribution >= 0.6 is 50.8 Å². The van der Waals surface area contributed by atoms with Crippen molar-refractivity contribution in [1.82, 2.24) is 0 Å². The molecule has 0 fully saturated rings. The van der Waals surface area contributed by atoms with Gasteiger partial charge in [0.2, 0.25) is 0 Å². The van der Waals surface area contributed by atoms with E-state index in [1.807, 2.05) is 11.8 Å². The Balaban J connectivity index is 0.000000763. The molecule has 0 saturated heterocycles. The fourth-order valence-electron chi connectivity index (χ4n) is 4.20. The Morgan fingerprint density at radius 3 is 1.11 bits per heavy atom. The number of rotatable bonds is 11. The fourth-order valence-corrected chi connectivity index (χ4v) is 12.6. The third-order valence-electron chi connectivity index (χ3n) is 6.12. The molecule has 0 amide bonds. The van der Waals surface area contributed by atoms with Gasteiger partial charge in [0.1, 0.15) is 0 Å². The van der Waals surface area contributed by atoms with E-state index in [1.165, 1.54) is 49.1 Å². The van der Waals surface area contributed by atoms with Crippen molar-refractivity contribution in [3.63, 3.8) is 0 Å². The van der Waals surface area contributed by atoms with Gasteiger partial charge < -0.3 is 24.8 Å². The summed E-state index contributed by atoms with van der Waals surface area (Å²) >= 11 is 12.0. The summed E-state index contributed by atoms with van der Waals surface area (Å²) in [6.45, 7) is 0. The van der Waals surface area contributed by atoms with Crippen LogP contribution in [-0.4, -0.2) is 44.6 Å². The monoisotopic (exact) mass is 979 g/mol. The molecule has 0 aromatic heterocycles. The Bertz CT molecular complexity index is 1270. The van der Waals surface area contributed by atoms with Gasteiger partial charge in [0.15, 0.2) is 0 Å². The molecule has 0 bridgehead atoms.